The third-order valence-electron chi connectivity index (χ3n) is 9.86. The molecule has 1 saturated heterocycles. The van der Waals surface area contributed by atoms with Gasteiger partial charge in [0.25, 0.3) is 0 Å². The smallest absolute Gasteiger partial charge is 0.472 e. The van der Waals surface area contributed by atoms with E-state index in [4.69, 9.17) is 23.3 Å². The highest BCUT2D eigenvalue weighted by Gasteiger charge is 2.36. The highest BCUT2D eigenvalue weighted by molar-refractivity contribution is 7.47. The third-order valence-corrected chi connectivity index (χ3v) is 10.8. The van der Waals surface area contributed by atoms with Crippen molar-refractivity contribution >= 4 is 13.8 Å². The minimum atomic E-state index is -4.31. The summed E-state index contributed by atoms with van der Waals surface area (Å²) in [7, 11) is 1.59. The Morgan fingerprint density at radius 2 is 1.16 bits per heavy atom. The number of allylic oxidation sites excluding steroid dienone is 5. The molecule has 0 aromatic carbocycles. The number of hydrogen-bond donors (Lipinski definition) is 1. The lowest BCUT2D eigenvalue weighted by Gasteiger charge is -2.24. The quantitative estimate of drug-likeness (QED) is 0.0124. The lowest BCUT2D eigenvalue weighted by molar-refractivity contribution is -0.870. The van der Waals surface area contributed by atoms with Crippen LogP contribution in [-0.4, -0.2) is 81.2 Å². The van der Waals surface area contributed by atoms with Gasteiger partial charge in [0.15, 0.2) is 6.10 Å². The zero-order chi connectivity index (χ0) is 41.0. The number of epoxide rings is 1. The highest BCUT2D eigenvalue weighted by atomic mass is 31.2. The number of unbranched alkanes of at least 4 members (excludes halogenated alkanes) is 18. The van der Waals surface area contributed by atoms with Crippen LogP contribution in [-0.2, 0) is 32.6 Å². The summed E-state index contributed by atoms with van der Waals surface area (Å²) in [4.78, 5) is 22.9. The van der Waals surface area contributed by atoms with Gasteiger partial charge in [-0.2, -0.15) is 0 Å². The first-order valence-electron chi connectivity index (χ1n) is 22.5. The van der Waals surface area contributed by atoms with Crippen LogP contribution >= 0.6 is 7.82 Å². The van der Waals surface area contributed by atoms with Gasteiger partial charge in [0.2, 0.25) is 0 Å². The fourth-order valence-corrected chi connectivity index (χ4v) is 6.94. The van der Waals surface area contributed by atoms with Crippen molar-refractivity contribution in [3.05, 3.63) is 48.8 Å². The SMILES string of the molecule is CCCCC/C=C\C/C=C\CC1OC1C/C=C\CCCC(=O)O[C@H](CO/C=C/CCCCCCCCCCCCCCCC)COP(=O)(O)OCC[N+](C)(C)C. The normalized spacial score (nSPS) is 17.8. The number of carbonyl (C=O) groups is 1. The number of hydrogen-bond acceptors (Lipinski definition) is 7. The summed E-state index contributed by atoms with van der Waals surface area (Å²) in [5.74, 6) is -0.395. The van der Waals surface area contributed by atoms with Crippen molar-refractivity contribution in [1.82, 2.24) is 0 Å². The van der Waals surface area contributed by atoms with Gasteiger partial charge in [-0.3, -0.25) is 13.8 Å². The standard InChI is InChI=1S/C46H84NO8P/c1-6-8-10-12-14-16-17-18-19-20-21-22-24-26-30-34-39-51-41-43(42-53-56(49,50)52-40-38-47(3,4)5)54-46(48)37-33-29-28-32-36-45-44(55-45)35-31-27-25-23-15-13-11-9-7-2/h15,23,27-28,31-32,34,39,43-45H,6-14,16-22,24-26,29-30,33,35-38,40-42H2,1-5H3/p+1/b23-15-,31-27-,32-28-,39-34+/t43-,44?,45?/m1/s1. The molecule has 56 heavy (non-hydrogen) atoms. The van der Waals surface area contributed by atoms with Crippen molar-refractivity contribution in [2.75, 3.05) is 47.5 Å². The van der Waals surface area contributed by atoms with E-state index in [2.05, 4.69) is 50.3 Å². The van der Waals surface area contributed by atoms with Gasteiger partial charge in [0.05, 0.1) is 46.2 Å². The molecule has 9 nitrogen and oxygen atoms in total. The Labute approximate surface area is 343 Å². The van der Waals surface area contributed by atoms with E-state index in [0.717, 1.165) is 38.5 Å². The molecule has 1 N–H and O–H groups in total. The Hall–Kier alpha value is -1.74. The van der Waals surface area contributed by atoms with Crippen LogP contribution in [0, 0.1) is 0 Å². The van der Waals surface area contributed by atoms with Crippen LogP contribution in [0.3, 0.4) is 0 Å². The molecule has 0 aromatic heterocycles. The third kappa shape index (κ3) is 35.4. The van der Waals surface area contributed by atoms with Gasteiger partial charge in [0.1, 0.15) is 19.8 Å². The molecule has 10 heteroatoms. The number of carbonyl (C=O) groups excluding carboxylic acids is 1. The largest absolute Gasteiger partial charge is 0.498 e. The van der Waals surface area contributed by atoms with Crippen LogP contribution in [0.1, 0.15) is 174 Å². The van der Waals surface area contributed by atoms with Crippen molar-refractivity contribution in [2.45, 2.75) is 193 Å². The number of phosphoric acid groups is 1. The second-order valence-corrected chi connectivity index (χ2v) is 18.0. The van der Waals surface area contributed by atoms with E-state index < -0.39 is 19.9 Å². The van der Waals surface area contributed by atoms with E-state index >= 15 is 0 Å². The second-order valence-electron chi connectivity index (χ2n) is 16.5. The monoisotopic (exact) mass is 811 g/mol. The predicted molar refractivity (Wildman–Crippen MR) is 232 cm³/mol. The van der Waals surface area contributed by atoms with Crippen LogP contribution < -0.4 is 0 Å². The van der Waals surface area contributed by atoms with Crippen molar-refractivity contribution in [3.8, 4) is 0 Å². The lowest BCUT2D eigenvalue weighted by atomic mass is 10.0. The van der Waals surface area contributed by atoms with Gasteiger partial charge in [-0.25, -0.2) is 4.57 Å². The molecule has 0 aliphatic carbocycles. The second kappa shape index (κ2) is 35.2. The molecule has 326 valence electrons. The van der Waals surface area contributed by atoms with Crippen molar-refractivity contribution in [1.29, 1.82) is 0 Å². The van der Waals surface area contributed by atoms with E-state index in [1.807, 2.05) is 27.2 Å². The highest BCUT2D eigenvalue weighted by Crippen LogP contribution is 2.43. The van der Waals surface area contributed by atoms with Crippen LogP contribution in [0.5, 0.6) is 0 Å². The van der Waals surface area contributed by atoms with Crippen molar-refractivity contribution in [3.63, 3.8) is 0 Å². The summed E-state index contributed by atoms with van der Waals surface area (Å²) in [6, 6.07) is 0. The number of nitrogens with zero attached hydrogens (tertiary/aromatic N) is 1. The van der Waals surface area contributed by atoms with Crippen LogP contribution in [0.25, 0.3) is 0 Å². The molecule has 0 saturated carbocycles. The van der Waals surface area contributed by atoms with E-state index in [9.17, 15) is 14.3 Å². The van der Waals surface area contributed by atoms with Crippen molar-refractivity contribution < 1.29 is 42.0 Å². The van der Waals surface area contributed by atoms with E-state index in [-0.39, 0.29) is 32.3 Å². The van der Waals surface area contributed by atoms with E-state index in [1.165, 1.54) is 109 Å². The molecule has 0 bridgehead atoms. The molecule has 0 spiro atoms. The average molecular weight is 811 g/mol. The molecule has 0 aromatic rings. The summed E-state index contributed by atoms with van der Waals surface area (Å²) in [6.07, 6.45) is 45.5. The topological polar surface area (TPSA) is 104 Å². The molecule has 0 radical (unpaired) electrons. The Bertz CT molecular complexity index is 1100. The number of likely N-dealkylation sites (N-methyl/N-ethyl adjacent to an activating group) is 1. The summed E-state index contributed by atoms with van der Waals surface area (Å²) in [5.41, 5.74) is 0. The number of esters is 1. The number of ether oxygens (including phenoxy) is 3. The summed E-state index contributed by atoms with van der Waals surface area (Å²) in [5, 5.41) is 0. The number of rotatable bonds is 40. The molecule has 3 unspecified atom stereocenters. The molecule has 1 heterocycles. The first-order chi connectivity index (χ1) is 27.1. The Morgan fingerprint density at radius 3 is 1.79 bits per heavy atom. The van der Waals surface area contributed by atoms with Crippen LogP contribution in [0.15, 0.2) is 48.8 Å². The Balaban J connectivity index is 2.29. The minimum Gasteiger partial charge on any atom is -0.498 e. The van der Waals surface area contributed by atoms with Gasteiger partial charge >= 0.3 is 13.8 Å². The summed E-state index contributed by atoms with van der Waals surface area (Å²) < 4.78 is 40.5. The maximum absolute atomic E-state index is 12.7. The van der Waals surface area contributed by atoms with Gasteiger partial charge in [-0.05, 0) is 63.9 Å². The fourth-order valence-electron chi connectivity index (χ4n) is 6.20. The molecule has 1 rings (SSSR count). The minimum absolute atomic E-state index is 0.0211. The maximum Gasteiger partial charge on any atom is 0.472 e. The molecule has 4 atom stereocenters. The average Bonchev–Trinajstić information content (AvgIpc) is 3.91. The van der Waals surface area contributed by atoms with E-state index in [1.54, 1.807) is 6.26 Å². The molecule has 1 fully saturated rings. The zero-order valence-corrected chi connectivity index (χ0v) is 37.5. The van der Waals surface area contributed by atoms with Gasteiger partial charge in [-0.15, -0.1) is 0 Å². The molecule has 0 amide bonds. The number of quaternary nitrogens is 1. The lowest BCUT2D eigenvalue weighted by Crippen LogP contribution is -2.37. The van der Waals surface area contributed by atoms with Crippen LogP contribution in [0.2, 0.25) is 0 Å². The molecular formula is C46H85NO8P+. The van der Waals surface area contributed by atoms with Crippen molar-refractivity contribution in [2.24, 2.45) is 0 Å². The molecular weight excluding hydrogens is 725 g/mol. The zero-order valence-electron chi connectivity index (χ0n) is 36.6. The molecule has 1 aliphatic heterocycles. The summed E-state index contributed by atoms with van der Waals surface area (Å²) in [6.45, 7) is 4.82. The Kier molecular flexibility index (Phi) is 32.9. The first kappa shape index (κ1) is 52.3. The van der Waals surface area contributed by atoms with Gasteiger partial charge in [0, 0.05) is 6.42 Å². The summed E-state index contributed by atoms with van der Waals surface area (Å²) >= 11 is 0. The van der Waals surface area contributed by atoms with Gasteiger partial charge in [-0.1, -0.05) is 147 Å². The van der Waals surface area contributed by atoms with Crippen LogP contribution in [0.4, 0.5) is 0 Å². The number of phosphoric ester groups is 1. The first-order valence-corrected chi connectivity index (χ1v) is 24.0. The fraction of sp³-hybridized carbons (Fsp3) is 0.804. The maximum atomic E-state index is 12.7. The van der Waals surface area contributed by atoms with Gasteiger partial charge < -0.3 is 23.6 Å². The Morgan fingerprint density at radius 1 is 0.661 bits per heavy atom. The van der Waals surface area contributed by atoms with E-state index in [0.29, 0.717) is 23.6 Å². The predicted octanol–water partition coefficient (Wildman–Crippen LogP) is 12.5. The molecule has 1 aliphatic rings.